The van der Waals surface area contributed by atoms with E-state index in [1.807, 2.05) is 82.3 Å². The lowest BCUT2D eigenvalue weighted by Crippen LogP contribution is -2.77. The molecule has 3 aliphatic carbocycles. The number of aliphatic hydroxyl groups is 2. The Balaban J connectivity index is 0.000000447. The number of carbonyl (C=O) groups is 4. The first-order valence-electron chi connectivity index (χ1n) is 18.2. The Morgan fingerprint density at radius 2 is 1.66 bits per heavy atom. The van der Waals surface area contributed by atoms with Gasteiger partial charge in [-0.05, 0) is 70.6 Å². The van der Waals surface area contributed by atoms with Crippen LogP contribution in [0.15, 0.2) is 65.7 Å². The fourth-order valence-electron chi connectivity index (χ4n) is 8.62. The van der Waals surface area contributed by atoms with Gasteiger partial charge in [-0.1, -0.05) is 79.6 Å². The van der Waals surface area contributed by atoms with Crippen LogP contribution >= 0.6 is 0 Å². The van der Waals surface area contributed by atoms with E-state index in [-0.39, 0.29) is 37.9 Å². The van der Waals surface area contributed by atoms with E-state index in [1.54, 1.807) is 21.0 Å². The molecule has 2 aromatic carbocycles. The first kappa shape index (κ1) is 41.9. The SMILES string of the molecule is CC(O)c1ccccc1.CC=O.CO[C@@]12COC1CC(OC(=O)OCc1ccc(C)cc1)C1(C)C(=O)C(OC(C)=O)C3=C(C)CCC(O)(CC12)C3(C)C. The Bertz CT molecular complexity index is 1640. The van der Waals surface area contributed by atoms with Crippen LogP contribution in [0.2, 0.25) is 0 Å². The summed E-state index contributed by atoms with van der Waals surface area (Å²) in [7, 11) is 1.59. The average Bonchev–Trinajstić information content (AvgIpc) is 3.10. The maximum atomic E-state index is 14.8. The minimum atomic E-state index is -1.38. The topological polar surface area (TPSA) is 155 Å². The standard InChI is InChI=1S/C32H42O9.C8H10O.C2H4O/c1-18-8-10-21(11-9-18)16-38-28(35)41-23-14-24-32(37-7,17-39-24)22-15-31(36)13-12-19(2)25(29(31,4)5)26(40-20(3)33)27(34)30(22,23)6;1-7(9)8-5-3-2-4-6-8;1-2-3/h8-11,22-24,26,36H,12-17H2,1-7H3;2-7,9H,1H3;2H,1H3/t22?,23?,24?,26?,30?,31?,32-;;/m1../s1. The van der Waals surface area contributed by atoms with Crippen LogP contribution < -0.4 is 0 Å². The average molecular weight is 737 g/mol. The molecular weight excluding hydrogens is 680 g/mol. The number of hydrogen-bond acceptors (Lipinski definition) is 11. The number of ketones is 1. The first-order valence-corrected chi connectivity index (χ1v) is 18.2. The molecule has 1 aliphatic heterocycles. The summed E-state index contributed by atoms with van der Waals surface area (Å²) in [6.07, 6.45) is -1.72. The second-order valence-corrected chi connectivity index (χ2v) is 15.4. The summed E-state index contributed by atoms with van der Waals surface area (Å²) in [5.41, 5.74) is 0.0148. The lowest BCUT2D eigenvalue weighted by molar-refractivity contribution is -0.332. The third-order valence-corrected chi connectivity index (χ3v) is 11.9. The van der Waals surface area contributed by atoms with Gasteiger partial charge in [0.15, 0.2) is 11.9 Å². The Kier molecular flexibility index (Phi) is 13.1. The summed E-state index contributed by atoms with van der Waals surface area (Å²) < 4.78 is 29.3. The summed E-state index contributed by atoms with van der Waals surface area (Å²) >= 11 is 0. The number of esters is 1. The Morgan fingerprint density at radius 1 is 1.04 bits per heavy atom. The largest absolute Gasteiger partial charge is 0.508 e. The molecule has 2 aromatic rings. The van der Waals surface area contributed by atoms with Gasteiger partial charge in [-0.15, -0.1) is 0 Å². The summed E-state index contributed by atoms with van der Waals surface area (Å²) in [6.45, 7) is 14.2. The van der Waals surface area contributed by atoms with Crippen LogP contribution in [0.4, 0.5) is 4.79 Å². The van der Waals surface area contributed by atoms with Gasteiger partial charge < -0.3 is 38.7 Å². The molecule has 6 rings (SSSR count). The van der Waals surface area contributed by atoms with E-state index in [0.29, 0.717) is 18.4 Å². The summed E-state index contributed by atoms with van der Waals surface area (Å²) in [6, 6.07) is 17.2. The molecule has 0 amide bonds. The highest BCUT2D eigenvalue weighted by atomic mass is 16.7. The summed E-state index contributed by atoms with van der Waals surface area (Å²) in [5.74, 6) is -1.58. The number of methoxy groups -OCH3 is 1. The molecule has 0 radical (unpaired) electrons. The summed E-state index contributed by atoms with van der Waals surface area (Å²) in [4.78, 5) is 49.2. The number of carbonyl (C=O) groups excluding carboxylic acids is 4. The van der Waals surface area contributed by atoms with Gasteiger partial charge in [-0.2, -0.15) is 0 Å². The lowest BCUT2D eigenvalue weighted by atomic mass is 9.46. The number of ether oxygens (including phenoxy) is 5. The maximum Gasteiger partial charge on any atom is 0.508 e. The number of allylic oxidation sites excluding steroid dienone is 1. The zero-order valence-electron chi connectivity index (χ0n) is 32.5. The third kappa shape index (κ3) is 8.13. The van der Waals surface area contributed by atoms with Gasteiger partial charge in [0.25, 0.3) is 0 Å². The van der Waals surface area contributed by atoms with E-state index in [9.17, 15) is 19.5 Å². The van der Waals surface area contributed by atoms with E-state index >= 15 is 0 Å². The smallest absolute Gasteiger partial charge is 0.450 e. The van der Waals surface area contributed by atoms with Gasteiger partial charge in [0, 0.05) is 31.8 Å². The Labute approximate surface area is 313 Å². The monoisotopic (exact) mass is 736 g/mol. The van der Waals surface area contributed by atoms with Crippen molar-refractivity contribution in [3.8, 4) is 0 Å². The zero-order chi connectivity index (χ0) is 39.4. The van der Waals surface area contributed by atoms with Crippen molar-refractivity contribution in [3.63, 3.8) is 0 Å². The predicted octanol–water partition coefficient (Wildman–Crippen LogP) is 6.54. The van der Waals surface area contributed by atoms with Crippen LogP contribution in [0.25, 0.3) is 0 Å². The van der Waals surface area contributed by atoms with Crippen molar-refractivity contribution in [1.82, 2.24) is 0 Å². The lowest BCUT2D eigenvalue weighted by Gasteiger charge is -2.66. The number of rotatable bonds is 6. The highest BCUT2D eigenvalue weighted by Gasteiger charge is 2.73. The molecule has 11 heteroatoms. The molecule has 8 atom stereocenters. The second kappa shape index (κ2) is 16.6. The Morgan fingerprint density at radius 3 is 2.17 bits per heavy atom. The highest BCUT2D eigenvalue weighted by Crippen LogP contribution is 2.63. The van der Waals surface area contributed by atoms with Gasteiger partial charge in [-0.3, -0.25) is 9.59 Å². The molecule has 7 unspecified atom stereocenters. The molecular formula is C42H56O11. The van der Waals surface area contributed by atoms with Gasteiger partial charge in [-0.25, -0.2) is 4.79 Å². The van der Waals surface area contributed by atoms with E-state index in [2.05, 4.69) is 0 Å². The van der Waals surface area contributed by atoms with E-state index in [0.717, 1.165) is 28.5 Å². The minimum absolute atomic E-state index is 0.0119. The predicted molar refractivity (Wildman–Crippen MR) is 197 cm³/mol. The van der Waals surface area contributed by atoms with Crippen LogP contribution in [0.1, 0.15) is 96.9 Å². The number of aliphatic hydroxyl groups excluding tert-OH is 1. The number of hydrogen-bond donors (Lipinski definition) is 2. The first-order chi connectivity index (χ1) is 24.9. The van der Waals surface area contributed by atoms with Gasteiger partial charge >= 0.3 is 12.1 Å². The van der Waals surface area contributed by atoms with Crippen LogP contribution in [0, 0.1) is 23.7 Å². The fourth-order valence-corrected chi connectivity index (χ4v) is 8.62. The zero-order valence-corrected chi connectivity index (χ0v) is 32.5. The second-order valence-electron chi connectivity index (χ2n) is 15.4. The molecule has 3 fully saturated rings. The molecule has 2 bridgehead atoms. The van der Waals surface area contributed by atoms with Crippen molar-refractivity contribution in [2.75, 3.05) is 13.7 Å². The van der Waals surface area contributed by atoms with Crippen molar-refractivity contribution in [1.29, 1.82) is 0 Å². The Hall–Kier alpha value is -3.90. The summed E-state index contributed by atoms with van der Waals surface area (Å²) in [5, 5.41) is 21.4. The van der Waals surface area contributed by atoms with Crippen LogP contribution in [0.5, 0.6) is 0 Å². The van der Waals surface area contributed by atoms with Gasteiger partial charge in [0.2, 0.25) is 0 Å². The van der Waals surface area contributed by atoms with Crippen molar-refractivity contribution < 1.29 is 53.1 Å². The van der Waals surface area contributed by atoms with Crippen LogP contribution in [-0.2, 0) is 44.7 Å². The van der Waals surface area contributed by atoms with E-state index in [1.165, 1.54) is 13.8 Å². The number of aryl methyl sites for hydroxylation is 1. The molecule has 0 spiro atoms. The molecule has 1 saturated heterocycles. The van der Waals surface area contributed by atoms with Crippen LogP contribution in [0.3, 0.4) is 0 Å². The molecule has 4 aliphatic rings. The van der Waals surface area contributed by atoms with E-state index in [4.69, 9.17) is 33.6 Å². The minimum Gasteiger partial charge on any atom is -0.450 e. The quantitative estimate of drug-likeness (QED) is 0.189. The van der Waals surface area contributed by atoms with Gasteiger partial charge in [0.1, 0.15) is 24.6 Å². The molecule has 0 aromatic heterocycles. The van der Waals surface area contributed by atoms with Crippen molar-refractivity contribution >= 4 is 24.2 Å². The number of aldehydes is 1. The van der Waals surface area contributed by atoms with Gasteiger partial charge in [0.05, 0.1) is 29.8 Å². The number of Topliss-reactive ketones (excluding diaryl/α,β-unsaturated/α-hetero) is 1. The highest BCUT2D eigenvalue weighted by molar-refractivity contribution is 5.95. The number of fused-ring (bicyclic) bond motifs is 5. The maximum absolute atomic E-state index is 14.8. The van der Waals surface area contributed by atoms with Crippen molar-refractivity contribution in [2.24, 2.45) is 16.7 Å². The van der Waals surface area contributed by atoms with Crippen molar-refractivity contribution in [2.45, 2.75) is 123 Å². The fraction of sp³-hybridized carbons (Fsp3) is 0.571. The molecule has 53 heavy (non-hydrogen) atoms. The van der Waals surface area contributed by atoms with Crippen molar-refractivity contribution in [3.05, 3.63) is 82.4 Å². The molecule has 2 saturated carbocycles. The molecule has 11 nitrogen and oxygen atoms in total. The normalized spacial score (nSPS) is 31.5. The molecule has 1 heterocycles. The number of benzene rings is 2. The van der Waals surface area contributed by atoms with E-state index < -0.39 is 58.4 Å². The molecule has 2 N–H and O–H groups in total. The van der Waals surface area contributed by atoms with Crippen LogP contribution in [-0.4, -0.2) is 77.6 Å². The molecule has 290 valence electrons. The third-order valence-electron chi connectivity index (χ3n) is 11.9.